The molecule has 6 heteroatoms. The molecule has 0 saturated heterocycles. The molecule has 0 saturated carbocycles. The topological polar surface area (TPSA) is 41.6 Å². The lowest BCUT2D eigenvalue weighted by atomic mass is 10.2. The van der Waals surface area contributed by atoms with Gasteiger partial charge in [0.05, 0.1) is 18.2 Å². The summed E-state index contributed by atoms with van der Waals surface area (Å²) in [7, 11) is 0. The number of hydrogen-bond acceptors (Lipinski definition) is 2. The third-order valence-electron chi connectivity index (χ3n) is 1.95. The van der Waals surface area contributed by atoms with Gasteiger partial charge >= 0.3 is 6.18 Å². The van der Waals surface area contributed by atoms with E-state index in [-0.39, 0.29) is 12.3 Å². The fraction of sp³-hybridized carbons (Fsp3) is 0.600. The lowest BCUT2D eigenvalue weighted by Gasteiger charge is -2.07. The second-order valence-corrected chi connectivity index (χ2v) is 3.93. The van der Waals surface area contributed by atoms with Gasteiger partial charge in [0.1, 0.15) is 0 Å². The maximum Gasteiger partial charge on any atom is 0.435 e. The monoisotopic (exact) mass is 231 g/mol. The van der Waals surface area contributed by atoms with Gasteiger partial charge in [0.15, 0.2) is 5.69 Å². The minimum atomic E-state index is -4.45. The van der Waals surface area contributed by atoms with Crippen LogP contribution >= 0.6 is 0 Å². The highest BCUT2D eigenvalue weighted by atomic mass is 19.4. The molecule has 0 radical (unpaired) electrons. The quantitative estimate of drug-likeness (QED) is 0.802. The number of hydrogen-bond donors (Lipinski definition) is 0. The Morgan fingerprint density at radius 3 is 2.56 bits per heavy atom. The Hall–Kier alpha value is -1.51. The van der Waals surface area contributed by atoms with E-state index in [2.05, 4.69) is 5.10 Å². The molecule has 3 nitrogen and oxygen atoms in total. The van der Waals surface area contributed by atoms with Crippen LogP contribution in [0.5, 0.6) is 0 Å². The van der Waals surface area contributed by atoms with Crippen molar-refractivity contribution in [3.05, 3.63) is 17.5 Å². The molecule has 0 N–H and O–H groups in total. The minimum absolute atomic E-state index is 0.0597. The van der Waals surface area contributed by atoms with Crippen LogP contribution in [0.1, 0.15) is 25.2 Å². The first-order chi connectivity index (χ1) is 7.34. The summed E-state index contributed by atoms with van der Waals surface area (Å²) in [5, 5.41) is 12.0. The van der Waals surface area contributed by atoms with Crippen molar-refractivity contribution in [1.29, 1.82) is 5.26 Å². The van der Waals surface area contributed by atoms with Crippen LogP contribution in [0.2, 0.25) is 0 Å². The van der Waals surface area contributed by atoms with E-state index in [1.807, 2.05) is 19.9 Å². The maximum atomic E-state index is 12.4. The smallest absolute Gasteiger partial charge is 0.268 e. The molecular formula is C10H12F3N3. The predicted molar refractivity (Wildman–Crippen MR) is 51.4 cm³/mol. The number of halogens is 3. The Balaban J connectivity index is 3.06. The molecule has 1 aromatic rings. The second-order valence-electron chi connectivity index (χ2n) is 3.93. The lowest BCUT2D eigenvalue weighted by Crippen LogP contribution is -2.11. The van der Waals surface area contributed by atoms with E-state index in [4.69, 9.17) is 5.26 Å². The van der Waals surface area contributed by atoms with E-state index >= 15 is 0 Å². The second kappa shape index (κ2) is 4.56. The first-order valence-corrected chi connectivity index (χ1v) is 4.85. The molecule has 16 heavy (non-hydrogen) atoms. The molecule has 1 heterocycles. The van der Waals surface area contributed by atoms with Gasteiger partial charge in [-0.2, -0.15) is 23.5 Å². The van der Waals surface area contributed by atoms with Crippen molar-refractivity contribution in [3.8, 4) is 6.07 Å². The minimum Gasteiger partial charge on any atom is -0.268 e. The number of nitrogens with zero attached hydrogens (tertiary/aromatic N) is 3. The molecule has 0 aliphatic heterocycles. The van der Waals surface area contributed by atoms with Gasteiger partial charge in [0.25, 0.3) is 0 Å². The third kappa shape index (κ3) is 2.99. The summed E-state index contributed by atoms with van der Waals surface area (Å²) in [5.74, 6) is 0.179. The SMILES string of the molecule is CC(C)Cn1nc(C(F)(F)F)cc1CC#N. The summed E-state index contributed by atoms with van der Waals surface area (Å²) < 4.78 is 38.5. The van der Waals surface area contributed by atoms with Gasteiger partial charge in [0, 0.05) is 6.54 Å². The Bertz CT molecular complexity index is 398. The highest BCUT2D eigenvalue weighted by Crippen LogP contribution is 2.28. The molecule has 0 unspecified atom stereocenters. The van der Waals surface area contributed by atoms with Crippen molar-refractivity contribution in [1.82, 2.24) is 9.78 Å². The Labute approximate surface area is 91.5 Å². The van der Waals surface area contributed by atoms with Gasteiger partial charge in [-0.3, -0.25) is 4.68 Å². The van der Waals surface area contributed by atoms with E-state index in [0.29, 0.717) is 12.2 Å². The predicted octanol–water partition coefficient (Wildman–Crippen LogP) is 2.62. The van der Waals surface area contributed by atoms with E-state index in [0.717, 1.165) is 6.07 Å². The molecule has 88 valence electrons. The van der Waals surface area contributed by atoms with Crippen LogP contribution in [-0.4, -0.2) is 9.78 Å². The summed E-state index contributed by atoms with van der Waals surface area (Å²) in [6.07, 6.45) is -4.51. The van der Waals surface area contributed by atoms with Crippen LogP contribution in [0, 0.1) is 17.2 Å². The molecule has 1 rings (SSSR count). The van der Waals surface area contributed by atoms with Crippen LogP contribution in [0.3, 0.4) is 0 Å². The van der Waals surface area contributed by atoms with Crippen LogP contribution in [-0.2, 0) is 19.1 Å². The molecule has 0 spiro atoms. The van der Waals surface area contributed by atoms with Crippen LogP contribution in [0.15, 0.2) is 6.07 Å². The van der Waals surface area contributed by atoms with E-state index in [1.165, 1.54) is 4.68 Å². The van der Waals surface area contributed by atoms with Crippen LogP contribution < -0.4 is 0 Å². The molecule has 0 amide bonds. The zero-order valence-electron chi connectivity index (χ0n) is 9.04. The Morgan fingerprint density at radius 1 is 1.50 bits per heavy atom. The molecular weight excluding hydrogens is 219 g/mol. The van der Waals surface area contributed by atoms with Crippen molar-refractivity contribution in [2.75, 3.05) is 0 Å². The van der Waals surface area contributed by atoms with Gasteiger partial charge in [-0.05, 0) is 12.0 Å². The summed E-state index contributed by atoms with van der Waals surface area (Å²) in [4.78, 5) is 0. The molecule has 0 aliphatic rings. The molecule has 1 aromatic heterocycles. The maximum absolute atomic E-state index is 12.4. The first-order valence-electron chi connectivity index (χ1n) is 4.85. The first kappa shape index (κ1) is 12.6. The molecule has 0 fully saturated rings. The largest absolute Gasteiger partial charge is 0.435 e. The van der Waals surface area contributed by atoms with Gasteiger partial charge in [-0.1, -0.05) is 13.8 Å². The summed E-state index contributed by atoms with van der Waals surface area (Å²) in [6.45, 7) is 4.14. The number of rotatable bonds is 3. The molecule has 0 aromatic carbocycles. The summed E-state index contributed by atoms with van der Waals surface area (Å²) >= 11 is 0. The number of nitriles is 1. The van der Waals surface area contributed by atoms with E-state index in [1.54, 1.807) is 0 Å². The van der Waals surface area contributed by atoms with Crippen molar-refractivity contribution in [3.63, 3.8) is 0 Å². The van der Waals surface area contributed by atoms with Gasteiger partial charge in [-0.15, -0.1) is 0 Å². The molecule has 0 atom stereocenters. The highest BCUT2D eigenvalue weighted by molar-refractivity contribution is 5.16. The van der Waals surface area contributed by atoms with Gasteiger partial charge in [0.2, 0.25) is 0 Å². The zero-order chi connectivity index (χ0) is 12.3. The molecule has 0 aliphatic carbocycles. The van der Waals surface area contributed by atoms with Crippen LogP contribution in [0.4, 0.5) is 13.2 Å². The highest BCUT2D eigenvalue weighted by Gasteiger charge is 2.34. The zero-order valence-corrected chi connectivity index (χ0v) is 9.04. The number of aromatic nitrogens is 2. The van der Waals surface area contributed by atoms with Gasteiger partial charge in [-0.25, -0.2) is 0 Å². The Kier molecular flexibility index (Phi) is 3.58. The summed E-state index contributed by atoms with van der Waals surface area (Å²) in [6, 6.07) is 2.77. The average Bonchev–Trinajstić information content (AvgIpc) is 2.47. The molecule has 0 bridgehead atoms. The van der Waals surface area contributed by atoms with Crippen molar-refractivity contribution in [2.45, 2.75) is 33.0 Å². The fourth-order valence-electron chi connectivity index (χ4n) is 1.32. The number of alkyl halides is 3. The Morgan fingerprint density at radius 2 is 2.12 bits per heavy atom. The lowest BCUT2D eigenvalue weighted by molar-refractivity contribution is -0.141. The van der Waals surface area contributed by atoms with E-state index < -0.39 is 11.9 Å². The third-order valence-corrected chi connectivity index (χ3v) is 1.95. The average molecular weight is 231 g/mol. The van der Waals surface area contributed by atoms with Crippen molar-refractivity contribution >= 4 is 0 Å². The standard InChI is InChI=1S/C10H12F3N3/c1-7(2)6-16-8(3-4-14)5-9(15-16)10(11,12)13/h5,7H,3,6H2,1-2H3. The van der Waals surface area contributed by atoms with Crippen molar-refractivity contribution < 1.29 is 13.2 Å². The normalized spacial score (nSPS) is 11.8. The fourth-order valence-corrected chi connectivity index (χ4v) is 1.32. The van der Waals surface area contributed by atoms with Gasteiger partial charge < -0.3 is 0 Å². The summed E-state index contributed by atoms with van der Waals surface area (Å²) in [5.41, 5.74) is -0.623. The van der Waals surface area contributed by atoms with Crippen molar-refractivity contribution in [2.24, 2.45) is 5.92 Å². The van der Waals surface area contributed by atoms with Crippen LogP contribution in [0.25, 0.3) is 0 Å². The van der Waals surface area contributed by atoms with E-state index in [9.17, 15) is 13.2 Å².